The van der Waals surface area contributed by atoms with Crippen molar-refractivity contribution >= 4 is 21.1 Å². The van der Waals surface area contributed by atoms with E-state index in [0.29, 0.717) is 11.1 Å². The molecule has 1 aromatic carbocycles. The number of aliphatic hydroxyl groups excluding tert-OH is 1. The van der Waals surface area contributed by atoms with E-state index in [-0.39, 0.29) is 22.5 Å². The van der Waals surface area contributed by atoms with Gasteiger partial charge >= 0.3 is 6.18 Å². The van der Waals surface area contributed by atoms with Crippen LogP contribution in [0.4, 0.5) is 13.2 Å². The maximum Gasteiger partial charge on any atom is 0.431 e. The number of nitrogens with one attached hydrogen (secondary N) is 2. The molecule has 0 aliphatic carbocycles. The highest BCUT2D eigenvalue weighted by molar-refractivity contribution is 7.89. The predicted molar refractivity (Wildman–Crippen MR) is 98.0 cm³/mol. The highest BCUT2D eigenvalue weighted by atomic mass is 32.2. The Labute approximate surface area is 159 Å². The van der Waals surface area contributed by atoms with E-state index in [1.807, 2.05) is 0 Å². The molecule has 0 aliphatic rings. The van der Waals surface area contributed by atoms with Gasteiger partial charge in [-0.2, -0.15) is 13.2 Å². The fourth-order valence-electron chi connectivity index (χ4n) is 2.70. The minimum Gasteiger partial charge on any atom is -0.394 e. The molecule has 0 bridgehead atoms. The molecule has 150 valence electrons. The largest absolute Gasteiger partial charge is 0.431 e. The van der Waals surface area contributed by atoms with Crippen molar-refractivity contribution in [3.63, 3.8) is 0 Å². The van der Waals surface area contributed by atoms with E-state index in [0.717, 1.165) is 6.07 Å². The minimum absolute atomic E-state index is 0.0203. The monoisotopic (exact) mass is 413 g/mol. The number of nitrogens with zero attached hydrogens (tertiary/aromatic N) is 1. The third-order valence-corrected chi connectivity index (χ3v) is 5.83. The van der Waals surface area contributed by atoms with E-state index < -0.39 is 27.4 Å². The van der Waals surface area contributed by atoms with Crippen molar-refractivity contribution in [2.75, 3.05) is 6.61 Å². The van der Waals surface area contributed by atoms with Gasteiger partial charge in [0, 0.05) is 11.6 Å². The molecule has 3 aromatic rings. The van der Waals surface area contributed by atoms with Crippen molar-refractivity contribution in [3.05, 3.63) is 48.3 Å². The summed E-state index contributed by atoms with van der Waals surface area (Å²) in [5.74, 6) is 0. The van der Waals surface area contributed by atoms with Crippen LogP contribution in [0.25, 0.3) is 22.2 Å². The van der Waals surface area contributed by atoms with Crippen molar-refractivity contribution in [2.45, 2.75) is 30.5 Å². The molecule has 0 amide bonds. The van der Waals surface area contributed by atoms with Crippen LogP contribution in [0.2, 0.25) is 0 Å². The summed E-state index contributed by atoms with van der Waals surface area (Å²) in [7, 11) is -3.86. The maximum atomic E-state index is 13.0. The summed E-state index contributed by atoms with van der Waals surface area (Å²) >= 11 is 0. The van der Waals surface area contributed by atoms with Crippen LogP contribution in [0.5, 0.6) is 0 Å². The van der Waals surface area contributed by atoms with E-state index in [2.05, 4.69) is 14.7 Å². The van der Waals surface area contributed by atoms with Gasteiger partial charge in [0.05, 0.1) is 17.0 Å². The maximum absolute atomic E-state index is 13.0. The van der Waals surface area contributed by atoms with Crippen molar-refractivity contribution < 1.29 is 26.7 Å². The lowest BCUT2D eigenvalue weighted by Gasteiger charge is -2.23. The standard InChI is InChI=1S/C18H18F3N3O3S/c1-17(2,10-25)24-28(26,27)12-5-3-11(4-6-12)13-7-8-22-16-14(13)9-15(23-16)18(19,20)21/h3-9,24-25H,10H2,1-2H3,(H,22,23). The molecule has 3 N–H and O–H groups in total. The number of sulfonamides is 1. The smallest absolute Gasteiger partial charge is 0.394 e. The molecular weight excluding hydrogens is 395 g/mol. The first-order chi connectivity index (χ1) is 12.9. The third-order valence-electron chi connectivity index (χ3n) is 4.12. The number of aromatic amines is 1. The number of alkyl halides is 3. The first kappa shape index (κ1) is 20.3. The number of hydrogen-bond donors (Lipinski definition) is 3. The average molecular weight is 413 g/mol. The molecule has 2 aromatic heterocycles. The van der Waals surface area contributed by atoms with Gasteiger partial charge in [0.15, 0.2) is 0 Å². The zero-order valence-electron chi connectivity index (χ0n) is 15.0. The van der Waals surface area contributed by atoms with E-state index in [1.54, 1.807) is 6.07 Å². The van der Waals surface area contributed by atoms with Crippen molar-refractivity contribution in [1.29, 1.82) is 0 Å². The molecule has 0 unspecified atom stereocenters. The molecule has 0 aliphatic heterocycles. The molecule has 0 saturated heterocycles. The summed E-state index contributed by atoms with van der Waals surface area (Å²) in [5, 5.41) is 9.52. The van der Waals surface area contributed by atoms with Crippen LogP contribution in [-0.4, -0.2) is 35.6 Å². The van der Waals surface area contributed by atoms with Crippen LogP contribution < -0.4 is 4.72 Å². The Morgan fingerprint density at radius 3 is 2.36 bits per heavy atom. The molecule has 0 spiro atoms. The van der Waals surface area contributed by atoms with Crippen molar-refractivity contribution in [1.82, 2.24) is 14.7 Å². The number of aromatic nitrogens is 2. The van der Waals surface area contributed by atoms with Crippen LogP contribution in [0.15, 0.2) is 47.5 Å². The SMILES string of the molecule is CC(C)(CO)NS(=O)(=O)c1ccc(-c2ccnc3[nH]c(C(F)(F)F)cc23)cc1. The van der Waals surface area contributed by atoms with Crippen LogP contribution in [-0.2, 0) is 16.2 Å². The second kappa shape index (κ2) is 6.87. The Hall–Kier alpha value is -2.43. The highest BCUT2D eigenvalue weighted by Gasteiger charge is 2.33. The Balaban J connectivity index is 1.99. The molecule has 28 heavy (non-hydrogen) atoms. The number of H-pyrrole nitrogens is 1. The molecule has 0 saturated carbocycles. The van der Waals surface area contributed by atoms with Gasteiger partial charge in [-0.15, -0.1) is 0 Å². The summed E-state index contributed by atoms with van der Waals surface area (Å²) in [5.41, 5.74) is -0.816. The van der Waals surface area contributed by atoms with E-state index >= 15 is 0 Å². The van der Waals surface area contributed by atoms with Gasteiger partial charge < -0.3 is 10.1 Å². The van der Waals surface area contributed by atoms with Gasteiger partial charge in [-0.05, 0) is 49.2 Å². The lowest BCUT2D eigenvalue weighted by Crippen LogP contribution is -2.46. The Bertz CT molecular complexity index is 1100. The number of aliphatic hydroxyl groups is 1. The van der Waals surface area contributed by atoms with Crippen LogP contribution in [0, 0.1) is 0 Å². The van der Waals surface area contributed by atoms with E-state index in [4.69, 9.17) is 0 Å². The van der Waals surface area contributed by atoms with E-state index in [1.165, 1.54) is 44.3 Å². The van der Waals surface area contributed by atoms with Gasteiger partial charge in [-0.3, -0.25) is 0 Å². The van der Waals surface area contributed by atoms with Gasteiger partial charge in [-0.25, -0.2) is 18.1 Å². The number of halogens is 3. The topological polar surface area (TPSA) is 95.1 Å². The summed E-state index contributed by atoms with van der Waals surface area (Å²) in [6.45, 7) is 2.70. The molecule has 0 atom stereocenters. The summed E-state index contributed by atoms with van der Waals surface area (Å²) in [6.07, 6.45) is -3.15. The summed E-state index contributed by atoms with van der Waals surface area (Å²) in [6, 6.07) is 8.27. The fraction of sp³-hybridized carbons (Fsp3) is 0.278. The van der Waals surface area contributed by atoms with Crippen LogP contribution in [0.3, 0.4) is 0 Å². The molecule has 0 fully saturated rings. The summed E-state index contributed by atoms with van der Waals surface area (Å²) in [4.78, 5) is 6.15. The van der Waals surface area contributed by atoms with Gasteiger partial charge in [0.2, 0.25) is 10.0 Å². The first-order valence-corrected chi connectivity index (χ1v) is 9.71. The summed E-state index contributed by atoms with van der Waals surface area (Å²) < 4.78 is 66.1. The first-order valence-electron chi connectivity index (χ1n) is 8.23. The minimum atomic E-state index is -4.53. The zero-order valence-corrected chi connectivity index (χ0v) is 15.8. The zero-order chi connectivity index (χ0) is 20.7. The number of pyridine rings is 1. The van der Waals surface area contributed by atoms with Gasteiger partial charge in [-0.1, -0.05) is 12.1 Å². The van der Waals surface area contributed by atoms with Crippen LogP contribution >= 0.6 is 0 Å². The average Bonchev–Trinajstić information content (AvgIpc) is 3.06. The lowest BCUT2D eigenvalue weighted by atomic mass is 10.0. The normalized spacial score (nSPS) is 13.2. The number of benzene rings is 1. The second-order valence-corrected chi connectivity index (χ2v) is 8.66. The molecule has 10 heteroatoms. The van der Waals surface area contributed by atoms with E-state index in [9.17, 15) is 26.7 Å². The number of fused-ring (bicyclic) bond motifs is 1. The highest BCUT2D eigenvalue weighted by Crippen LogP contribution is 2.34. The molecule has 2 heterocycles. The second-order valence-electron chi connectivity index (χ2n) is 6.97. The Morgan fingerprint density at radius 1 is 1.14 bits per heavy atom. The third kappa shape index (κ3) is 4.03. The Morgan fingerprint density at radius 2 is 1.79 bits per heavy atom. The number of hydrogen-bond acceptors (Lipinski definition) is 4. The van der Waals surface area contributed by atoms with Gasteiger partial charge in [0.25, 0.3) is 0 Å². The van der Waals surface area contributed by atoms with Crippen molar-refractivity contribution in [2.24, 2.45) is 0 Å². The fourth-order valence-corrected chi connectivity index (χ4v) is 4.10. The lowest BCUT2D eigenvalue weighted by molar-refractivity contribution is -0.140. The van der Waals surface area contributed by atoms with Crippen molar-refractivity contribution in [3.8, 4) is 11.1 Å². The van der Waals surface area contributed by atoms with Crippen LogP contribution in [0.1, 0.15) is 19.5 Å². The quantitative estimate of drug-likeness (QED) is 0.598. The predicted octanol–water partition coefficient (Wildman–Crippen LogP) is 3.30. The number of rotatable bonds is 5. The van der Waals surface area contributed by atoms with Gasteiger partial charge in [0.1, 0.15) is 11.3 Å². The Kier molecular flexibility index (Phi) is 4.98. The molecule has 0 radical (unpaired) electrons. The molecule has 3 rings (SSSR count). The molecular formula is C18H18F3N3O3S. The molecule has 6 nitrogen and oxygen atoms in total.